The summed E-state index contributed by atoms with van der Waals surface area (Å²) in [5, 5.41) is 1.50. The lowest BCUT2D eigenvalue weighted by molar-refractivity contribution is -0.129. The Morgan fingerprint density at radius 3 is 2.23 bits per heavy atom. The molecule has 0 bridgehead atoms. The first-order valence-corrected chi connectivity index (χ1v) is 9.81. The van der Waals surface area contributed by atoms with Crippen LogP contribution in [0.5, 0.6) is 0 Å². The van der Waals surface area contributed by atoms with Crippen molar-refractivity contribution in [2.24, 2.45) is 11.8 Å². The van der Waals surface area contributed by atoms with Crippen molar-refractivity contribution >= 4 is 29.1 Å². The summed E-state index contributed by atoms with van der Waals surface area (Å²) >= 11 is 12.0. The number of rotatable bonds is 4. The number of hydrogen-bond donors (Lipinski definition) is 0. The first kappa shape index (κ1) is 17.8. The van der Waals surface area contributed by atoms with Crippen molar-refractivity contribution in [3.63, 3.8) is 0 Å². The van der Waals surface area contributed by atoms with E-state index in [-0.39, 0.29) is 5.91 Å². The van der Waals surface area contributed by atoms with E-state index in [1.54, 1.807) is 0 Å². The molecule has 0 radical (unpaired) electrons. The third-order valence-corrected chi connectivity index (χ3v) is 5.97. The minimum Gasteiger partial charge on any atom is -0.342 e. The summed E-state index contributed by atoms with van der Waals surface area (Å²) in [4.78, 5) is 17.1. The largest absolute Gasteiger partial charge is 0.342 e. The number of carbonyl (C=O) groups is 1. The molecule has 0 aliphatic carbocycles. The summed E-state index contributed by atoms with van der Waals surface area (Å²) in [6.07, 6.45) is 0.461. The highest BCUT2D eigenvalue weighted by Gasteiger charge is 2.41. The first-order valence-electron chi connectivity index (χ1n) is 9.06. The van der Waals surface area contributed by atoms with Crippen LogP contribution in [0.4, 0.5) is 0 Å². The second-order valence-electron chi connectivity index (χ2n) is 7.45. The van der Waals surface area contributed by atoms with E-state index in [1.165, 1.54) is 5.56 Å². The quantitative estimate of drug-likeness (QED) is 0.785. The Morgan fingerprint density at radius 2 is 1.58 bits per heavy atom. The van der Waals surface area contributed by atoms with E-state index in [4.69, 9.17) is 23.2 Å². The lowest BCUT2D eigenvalue weighted by Crippen LogP contribution is -2.34. The predicted octanol–water partition coefficient (Wildman–Crippen LogP) is 4.13. The van der Waals surface area contributed by atoms with Gasteiger partial charge in [-0.1, -0.05) is 47.5 Å². The number of halogens is 2. The van der Waals surface area contributed by atoms with Gasteiger partial charge in [0.1, 0.15) is 0 Å². The Kier molecular flexibility index (Phi) is 5.21. The fourth-order valence-electron chi connectivity index (χ4n) is 4.21. The molecule has 3 nitrogen and oxygen atoms in total. The maximum absolute atomic E-state index is 12.6. The fraction of sp³-hybridized carbons (Fsp3) is 0.381. The van der Waals surface area contributed by atoms with Crippen molar-refractivity contribution in [1.29, 1.82) is 0 Å². The van der Waals surface area contributed by atoms with Gasteiger partial charge in [-0.15, -0.1) is 0 Å². The molecule has 0 spiro atoms. The monoisotopic (exact) mass is 388 g/mol. The molecule has 0 N–H and O–H groups in total. The van der Waals surface area contributed by atoms with E-state index in [0.29, 0.717) is 23.3 Å². The first-order chi connectivity index (χ1) is 12.6. The maximum atomic E-state index is 12.6. The van der Waals surface area contributed by atoms with Crippen molar-refractivity contribution in [3.05, 3.63) is 69.7 Å². The lowest BCUT2D eigenvalue weighted by Gasteiger charge is -2.22. The average Bonchev–Trinajstić information content (AvgIpc) is 3.15. The van der Waals surface area contributed by atoms with E-state index >= 15 is 0 Å². The normalized spacial score (nSPS) is 22.6. The molecular formula is C21H22Cl2N2O. The lowest BCUT2D eigenvalue weighted by atomic mass is 10.0. The van der Waals surface area contributed by atoms with Crippen LogP contribution in [0.3, 0.4) is 0 Å². The van der Waals surface area contributed by atoms with Gasteiger partial charge in [-0.2, -0.15) is 0 Å². The molecule has 2 aromatic rings. The van der Waals surface area contributed by atoms with Gasteiger partial charge in [0.15, 0.2) is 0 Å². The van der Waals surface area contributed by atoms with Gasteiger partial charge in [-0.05, 0) is 47.2 Å². The van der Waals surface area contributed by atoms with Crippen LogP contribution in [0.15, 0.2) is 48.5 Å². The zero-order chi connectivity index (χ0) is 18.1. The number of carbonyl (C=O) groups excluding carboxylic acids is 1. The van der Waals surface area contributed by atoms with Gasteiger partial charge >= 0.3 is 0 Å². The summed E-state index contributed by atoms with van der Waals surface area (Å²) in [6, 6.07) is 15.6. The molecular weight excluding hydrogens is 367 g/mol. The van der Waals surface area contributed by atoms with E-state index < -0.39 is 0 Å². The Morgan fingerprint density at radius 1 is 0.885 bits per heavy atom. The molecule has 2 aromatic carbocycles. The maximum Gasteiger partial charge on any atom is 0.227 e. The molecule has 2 aliphatic rings. The topological polar surface area (TPSA) is 23.6 Å². The molecule has 2 atom stereocenters. The Bertz CT molecular complexity index is 779. The molecule has 2 saturated heterocycles. The van der Waals surface area contributed by atoms with Crippen LogP contribution in [0, 0.1) is 11.8 Å². The SMILES string of the molecule is O=C(Cc1ccc(Cl)cc1)N1C[C@H]2CN(Cc3cccc(Cl)c3)C[C@H]2C1. The average molecular weight is 389 g/mol. The zero-order valence-corrected chi connectivity index (χ0v) is 16.1. The summed E-state index contributed by atoms with van der Waals surface area (Å²) in [6.45, 7) is 4.81. The molecule has 1 amide bonds. The van der Waals surface area contributed by atoms with Crippen molar-refractivity contribution in [1.82, 2.24) is 9.80 Å². The summed E-state index contributed by atoms with van der Waals surface area (Å²) in [5.41, 5.74) is 2.28. The third-order valence-electron chi connectivity index (χ3n) is 5.48. The molecule has 0 saturated carbocycles. The molecule has 2 fully saturated rings. The minimum absolute atomic E-state index is 0.225. The molecule has 2 aliphatic heterocycles. The standard InChI is InChI=1S/C21H22Cl2N2O/c22-19-6-4-15(5-7-19)9-21(26)25-13-17-11-24(12-18(17)14-25)10-16-2-1-3-20(23)8-16/h1-8,17-18H,9-14H2/t17-,18+. The van der Waals surface area contributed by atoms with E-state index in [0.717, 1.165) is 43.3 Å². The Labute approximate surface area is 164 Å². The molecule has 136 valence electrons. The van der Waals surface area contributed by atoms with Gasteiger partial charge in [-0.25, -0.2) is 0 Å². The van der Waals surface area contributed by atoms with Crippen LogP contribution in [-0.2, 0) is 17.8 Å². The van der Waals surface area contributed by atoms with Crippen LogP contribution in [-0.4, -0.2) is 41.9 Å². The molecule has 2 heterocycles. The number of fused-ring (bicyclic) bond motifs is 1. The van der Waals surface area contributed by atoms with Gasteiger partial charge in [-0.3, -0.25) is 9.69 Å². The third kappa shape index (κ3) is 4.06. The second-order valence-corrected chi connectivity index (χ2v) is 8.32. The zero-order valence-electron chi connectivity index (χ0n) is 14.6. The summed E-state index contributed by atoms with van der Waals surface area (Å²) in [7, 11) is 0. The highest BCUT2D eigenvalue weighted by atomic mass is 35.5. The summed E-state index contributed by atoms with van der Waals surface area (Å²) < 4.78 is 0. The Hall–Kier alpha value is -1.55. The Balaban J connectivity index is 1.30. The van der Waals surface area contributed by atoms with Gasteiger partial charge < -0.3 is 4.90 Å². The van der Waals surface area contributed by atoms with Gasteiger partial charge in [0.2, 0.25) is 5.91 Å². The smallest absolute Gasteiger partial charge is 0.227 e. The molecule has 0 unspecified atom stereocenters. The van der Waals surface area contributed by atoms with Crippen LogP contribution >= 0.6 is 23.2 Å². The van der Waals surface area contributed by atoms with Crippen LogP contribution in [0.1, 0.15) is 11.1 Å². The van der Waals surface area contributed by atoms with Gasteiger partial charge in [0.25, 0.3) is 0 Å². The van der Waals surface area contributed by atoms with Crippen molar-refractivity contribution in [3.8, 4) is 0 Å². The van der Waals surface area contributed by atoms with Crippen LogP contribution < -0.4 is 0 Å². The van der Waals surface area contributed by atoms with E-state index in [1.807, 2.05) is 47.4 Å². The van der Waals surface area contributed by atoms with Gasteiger partial charge in [0, 0.05) is 42.8 Å². The van der Waals surface area contributed by atoms with E-state index in [2.05, 4.69) is 11.0 Å². The molecule has 4 rings (SSSR count). The number of amides is 1. The second kappa shape index (κ2) is 7.59. The minimum atomic E-state index is 0.225. The number of likely N-dealkylation sites (tertiary alicyclic amines) is 2. The van der Waals surface area contributed by atoms with Crippen LogP contribution in [0.2, 0.25) is 10.0 Å². The number of benzene rings is 2. The highest BCUT2D eigenvalue weighted by Crippen LogP contribution is 2.32. The van der Waals surface area contributed by atoms with Crippen molar-refractivity contribution < 1.29 is 4.79 Å². The molecule has 26 heavy (non-hydrogen) atoms. The van der Waals surface area contributed by atoms with Crippen LogP contribution in [0.25, 0.3) is 0 Å². The number of hydrogen-bond acceptors (Lipinski definition) is 2. The number of nitrogens with zero attached hydrogens (tertiary/aromatic N) is 2. The fourth-order valence-corrected chi connectivity index (χ4v) is 4.54. The highest BCUT2D eigenvalue weighted by molar-refractivity contribution is 6.30. The summed E-state index contributed by atoms with van der Waals surface area (Å²) in [5.74, 6) is 1.40. The molecule has 0 aromatic heterocycles. The van der Waals surface area contributed by atoms with Crippen molar-refractivity contribution in [2.45, 2.75) is 13.0 Å². The van der Waals surface area contributed by atoms with Crippen molar-refractivity contribution in [2.75, 3.05) is 26.2 Å². The predicted molar refractivity (Wildman–Crippen MR) is 105 cm³/mol. The molecule has 5 heteroatoms. The van der Waals surface area contributed by atoms with E-state index in [9.17, 15) is 4.79 Å². The van der Waals surface area contributed by atoms with Gasteiger partial charge in [0.05, 0.1) is 6.42 Å².